The molecule has 1 radical (unpaired) electrons. The first-order valence-corrected chi connectivity index (χ1v) is 4.61. The first-order valence-electron chi connectivity index (χ1n) is 3.75. The first-order chi connectivity index (χ1) is 5.13. The van der Waals surface area contributed by atoms with Crippen LogP contribution in [0.5, 0.6) is 0 Å². The van der Waals surface area contributed by atoms with Gasteiger partial charge in [0, 0.05) is 13.1 Å². The maximum atomic E-state index is 5.63. The average molecular weight is 189 g/mol. The number of thiocarbonyl (C=S) groups is 1. The summed E-state index contributed by atoms with van der Waals surface area (Å²) in [6.45, 7) is 3.50. The van der Waals surface area contributed by atoms with Crippen LogP contribution in [0, 0.1) is 5.92 Å². The second-order valence-corrected chi connectivity index (χ2v) is 4.16. The van der Waals surface area contributed by atoms with Crippen LogP contribution in [0.3, 0.4) is 0 Å². The lowest BCUT2D eigenvalue weighted by Gasteiger charge is -2.29. The fourth-order valence-electron chi connectivity index (χ4n) is 1.48. The Labute approximate surface area is 78.3 Å². The van der Waals surface area contributed by atoms with Gasteiger partial charge >= 0.3 is 0 Å². The molecule has 0 aromatic rings. The summed E-state index contributed by atoms with van der Waals surface area (Å²) in [4.78, 5) is 0. The monoisotopic (exact) mass is 189 g/mol. The Bertz CT molecular complexity index is 172. The van der Waals surface area contributed by atoms with Crippen molar-refractivity contribution in [1.29, 1.82) is 0 Å². The summed E-state index contributed by atoms with van der Waals surface area (Å²) in [5.41, 5.74) is 5.32. The minimum Gasteiger partial charge on any atom is -0.328 e. The van der Waals surface area contributed by atoms with Crippen LogP contribution in [0.15, 0.2) is 0 Å². The van der Waals surface area contributed by atoms with Crippen LogP contribution in [0.25, 0.3) is 0 Å². The van der Waals surface area contributed by atoms with Crippen LogP contribution in [-0.2, 0) is 0 Å². The minimum atomic E-state index is -0.307. The minimum absolute atomic E-state index is 0.307. The second-order valence-electron chi connectivity index (χ2n) is 3.00. The summed E-state index contributed by atoms with van der Waals surface area (Å²) in [5.74, 6) is 0.456. The highest BCUT2D eigenvalue weighted by Gasteiger charge is 2.42. The van der Waals surface area contributed by atoms with Crippen molar-refractivity contribution in [2.45, 2.75) is 18.9 Å². The SMILES string of the molecule is CC1CC[N]C1(CN)C(=S)S. The molecule has 1 saturated heterocycles. The van der Waals surface area contributed by atoms with Crippen molar-refractivity contribution in [2.24, 2.45) is 11.7 Å². The van der Waals surface area contributed by atoms with Crippen molar-refractivity contribution in [3.05, 3.63) is 0 Å². The van der Waals surface area contributed by atoms with Crippen molar-refractivity contribution >= 4 is 29.0 Å². The molecule has 1 aliphatic rings. The van der Waals surface area contributed by atoms with E-state index >= 15 is 0 Å². The molecular weight excluding hydrogens is 176 g/mol. The zero-order chi connectivity index (χ0) is 8.48. The average Bonchev–Trinajstić information content (AvgIpc) is 2.32. The molecule has 1 aliphatic heterocycles. The molecule has 11 heavy (non-hydrogen) atoms. The molecule has 1 fully saturated rings. The molecular formula is C7H13N2S2. The second kappa shape index (κ2) is 3.39. The Balaban J connectivity index is 2.82. The lowest BCUT2D eigenvalue weighted by atomic mass is 9.89. The molecule has 0 saturated carbocycles. The number of rotatable bonds is 2. The molecule has 1 heterocycles. The van der Waals surface area contributed by atoms with E-state index in [-0.39, 0.29) is 5.54 Å². The van der Waals surface area contributed by atoms with E-state index in [1.54, 1.807) is 0 Å². The molecule has 0 aromatic heterocycles. The van der Waals surface area contributed by atoms with Gasteiger partial charge in [0.1, 0.15) is 0 Å². The van der Waals surface area contributed by atoms with E-state index in [1.165, 1.54) is 0 Å². The van der Waals surface area contributed by atoms with Gasteiger partial charge in [-0.1, -0.05) is 19.1 Å². The summed E-state index contributed by atoms with van der Waals surface area (Å²) >= 11 is 9.21. The normalized spacial score (nSPS) is 37.5. The Morgan fingerprint density at radius 2 is 2.55 bits per heavy atom. The topological polar surface area (TPSA) is 40.1 Å². The van der Waals surface area contributed by atoms with Crippen LogP contribution in [0.1, 0.15) is 13.3 Å². The van der Waals surface area contributed by atoms with Crippen molar-refractivity contribution in [3.63, 3.8) is 0 Å². The highest BCUT2D eigenvalue weighted by molar-refractivity contribution is 8.11. The summed E-state index contributed by atoms with van der Waals surface area (Å²) in [5, 5.41) is 4.42. The number of thiol groups is 1. The highest BCUT2D eigenvalue weighted by Crippen LogP contribution is 2.29. The predicted octanol–water partition coefficient (Wildman–Crippen LogP) is 0.585. The number of hydrogen-bond acceptors (Lipinski definition) is 2. The van der Waals surface area contributed by atoms with Crippen LogP contribution in [-0.4, -0.2) is 22.8 Å². The molecule has 2 unspecified atom stereocenters. The molecule has 0 spiro atoms. The summed E-state index contributed by atoms with van der Waals surface area (Å²) in [6.07, 6.45) is 1.08. The van der Waals surface area contributed by atoms with E-state index in [9.17, 15) is 0 Å². The van der Waals surface area contributed by atoms with Crippen molar-refractivity contribution in [2.75, 3.05) is 13.1 Å². The molecule has 2 N–H and O–H groups in total. The molecule has 2 atom stereocenters. The first kappa shape index (κ1) is 9.45. The molecule has 2 nitrogen and oxygen atoms in total. The van der Waals surface area contributed by atoms with E-state index in [1.807, 2.05) is 0 Å². The maximum Gasteiger partial charge on any atom is 0.0910 e. The van der Waals surface area contributed by atoms with Crippen molar-refractivity contribution < 1.29 is 0 Å². The Morgan fingerprint density at radius 3 is 2.73 bits per heavy atom. The number of hydrogen-bond donors (Lipinski definition) is 2. The van der Waals surface area contributed by atoms with E-state index < -0.39 is 0 Å². The molecule has 63 valence electrons. The van der Waals surface area contributed by atoms with Gasteiger partial charge in [0.15, 0.2) is 0 Å². The molecule has 0 bridgehead atoms. The third kappa shape index (κ3) is 1.45. The van der Waals surface area contributed by atoms with Gasteiger partial charge in [-0.3, -0.25) is 0 Å². The molecule has 0 aliphatic carbocycles. The van der Waals surface area contributed by atoms with Crippen LogP contribution in [0.2, 0.25) is 0 Å². The molecule has 4 heteroatoms. The van der Waals surface area contributed by atoms with Crippen molar-refractivity contribution in [1.82, 2.24) is 5.32 Å². The quantitative estimate of drug-likeness (QED) is 0.493. The fraction of sp³-hybridized carbons (Fsp3) is 0.857. The predicted molar refractivity (Wildman–Crippen MR) is 54.2 cm³/mol. The van der Waals surface area contributed by atoms with Crippen molar-refractivity contribution in [3.8, 4) is 0 Å². The van der Waals surface area contributed by atoms with Crippen LogP contribution < -0.4 is 11.1 Å². The van der Waals surface area contributed by atoms with E-state index in [4.69, 9.17) is 18.0 Å². The maximum absolute atomic E-state index is 5.63. The molecule has 0 amide bonds. The third-order valence-corrected chi connectivity index (χ3v) is 3.19. The summed E-state index contributed by atoms with van der Waals surface area (Å²) < 4.78 is 0.644. The van der Waals surface area contributed by atoms with Gasteiger partial charge in [0.05, 0.1) is 9.74 Å². The van der Waals surface area contributed by atoms with E-state index in [2.05, 4.69) is 24.9 Å². The zero-order valence-corrected chi connectivity index (χ0v) is 8.29. The number of nitrogens with zero attached hydrogens (tertiary/aromatic N) is 1. The van der Waals surface area contributed by atoms with Gasteiger partial charge in [-0.05, 0) is 12.3 Å². The smallest absolute Gasteiger partial charge is 0.0910 e. The van der Waals surface area contributed by atoms with Gasteiger partial charge in [0.25, 0.3) is 0 Å². The Morgan fingerprint density at radius 1 is 1.91 bits per heavy atom. The van der Waals surface area contributed by atoms with E-state index in [0.29, 0.717) is 16.7 Å². The van der Waals surface area contributed by atoms with Crippen LogP contribution >= 0.6 is 24.8 Å². The number of nitrogens with two attached hydrogens (primary N) is 1. The van der Waals surface area contributed by atoms with Crippen LogP contribution in [0.4, 0.5) is 0 Å². The molecule has 1 rings (SSSR count). The van der Waals surface area contributed by atoms with Gasteiger partial charge in [-0.2, -0.15) is 0 Å². The fourth-order valence-corrected chi connectivity index (χ4v) is 2.22. The zero-order valence-electron chi connectivity index (χ0n) is 6.58. The Kier molecular flexibility index (Phi) is 2.91. The largest absolute Gasteiger partial charge is 0.328 e. The lowest BCUT2D eigenvalue weighted by molar-refractivity contribution is 0.413. The summed E-state index contributed by atoms with van der Waals surface area (Å²) in [7, 11) is 0. The standard InChI is InChI=1S/C7H13N2S2/c1-5-2-3-9-7(5,4-8)6(10)11/h5H,2-4,8H2,1H3,(H,10,11). The van der Waals surface area contributed by atoms with Gasteiger partial charge in [-0.25, -0.2) is 5.32 Å². The summed E-state index contributed by atoms with van der Waals surface area (Å²) in [6, 6.07) is 0. The van der Waals surface area contributed by atoms with Gasteiger partial charge in [-0.15, -0.1) is 12.6 Å². The van der Waals surface area contributed by atoms with Gasteiger partial charge in [0.2, 0.25) is 0 Å². The third-order valence-electron chi connectivity index (χ3n) is 2.45. The van der Waals surface area contributed by atoms with E-state index in [0.717, 1.165) is 13.0 Å². The van der Waals surface area contributed by atoms with Gasteiger partial charge < -0.3 is 5.73 Å². The Hall–Kier alpha value is 0.360. The molecule has 0 aromatic carbocycles. The lowest BCUT2D eigenvalue weighted by Crippen LogP contribution is -2.51. The highest BCUT2D eigenvalue weighted by atomic mass is 32.1.